The lowest BCUT2D eigenvalue weighted by Gasteiger charge is -2.06. The molecule has 0 saturated carbocycles. The molecular weight excluding hydrogens is 259 g/mol. The minimum atomic E-state index is -0.321. The van der Waals surface area contributed by atoms with Crippen LogP contribution in [0.5, 0.6) is 0 Å². The van der Waals surface area contributed by atoms with Crippen LogP contribution in [0.25, 0.3) is 0 Å². The van der Waals surface area contributed by atoms with Crippen LogP contribution in [-0.4, -0.2) is 17.4 Å². The van der Waals surface area contributed by atoms with Gasteiger partial charge in [0, 0.05) is 12.7 Å². The van der Waals surface area contributed by atoms with Crippen LogP contribution in [0.15, 0.2) is 42.6 Å². The molecule has 0 spiro atoms. The summed E-state index contributed by atoms with van der Waals surface area (Å²) in [7, 11) is 0. The number of rotatable bonds is 5. The largest absolute Gasteiger partial charge is 0.350 e. The first-order valence-electron chi connectivity index (χ1n) is 6.15. The van der Waals surface area contributed by atoms with Gasteiger partial charge in [0.25, 0.3) is 5.91 Å². The van der Waals surface area contributed by atoms with Crippen molar-refractivity contribution >= 4 is 11.6 Å². The molecule has 6 heteroatoms. The quantitative estimate of drug-likeness (QED) is 0.570. The Kier molecular flexibility index (Phi) is 4.62. The third kappa shape index (κ3) is 3.52. The molecule has 1 heterocycles. The number of halogens is 1. The van der Waals surface area contributed by atoms with Crippen molar-refractivity contribution in [3.05, 3.63) is 59.7 Å². The van der Waals surface area contributed by atoms with Crippen molar-refractivity contribution in [2.45, 2.75) is 6.42 Å². The second-order valence-electron chi connectivity index (χ2n) is 4.17. The third-order valence-corrected chi connectivity index (χ3v) is 2.80. The molecule has 1 amide bonds. The van der Waals surface area contributed by atoms with Crippen LogP contribution in [-0.2, 0) is 6.42 Å². The van der Waals surface area contributed by atoms with Gasteiger partial charge in [0.1, 0.15) is 11.5 Å². The lowest BCUT2D eigenvalue weighted by molar-refractivity contribution is 0.0949. The SMILES string of the molecule is NNc1ccnc(C(=O)NCCc2ccccc2F)c1. The zero-order chi connectivity index (χ0) is 14.4. The number of benzene rings is 1. The zero-order valence-electron chi connectivity index (χ0n) is 10.8. The number of hydrazine groups is 1. The van der Waals surface area contributed by atoms with Gasteiger partial charge < -0.3 is 10.7 Å². The summed E-state index contributed by atoms with van der Waals surface area (Å²) in [5, 5.41) is 2.69. The van der Waals surface area contributed by atoms with Crippen LogP contribution in [0.4, 0.5) is 10.1 Å². The van der Waals surface area contributed by atoms with Crippen LogP contribution in [0.1, 0.15) is 16.1 Å². The van der Waals surface area contributed by atoms with Crippen molar-refractivity contribution < 1.29 is 9.18 Å². The van der Waals surface area contributed by atoms with E-state index in [1.165, 1.54) is 12.3 Å². The average molecular weight is 274 g/mol. The van der Waals surface area contributed by atoms with Crippen LogP contribution >= 0.6 is 0 Å². The highest BCUT2D eigenvalue weighted by molar-refractivity contribution is 5.93. The second-order valence-corrected chi connectivity index (χ2v) is 4.17. The molecule has 5 nitrogen and oxygen atoms in total. The highest BCUT2D eigenvalue weighted by atomic mass is 19.1. The molecule has 0 bridgehead atoms. The van der Waals surface area contributed by atoms with Gasteiger partial charge >= 0.3 is 0 Å². The minimum absolute atomic E-state index is 0.258. The van der Waals surface area contributed by atoms with E-state index in [4.69, 9.17) is 5.84 Å². The molecule has 0 aliphatic rings. The Morgan fingerprint density at radius 1 is 1.30 bits per heavy atom. The molecule has 2 rings (SSSR count). The van der Waals surface area contributed by atoms with Crippen LogP contribution in [0.2, 0.25) is 0 Å². The molecule has 0 atom stereocenters. The van der Waals surface area contributed by atoms with Gasteiger partial charge in [-0.15, -0.1) is 0 Å². The Balaban J connectivity index is 1.91. The molecule has 0 fully saturated rings. The lowest BCUT2D eigenvalue weighted by atomic mass is 10.1. The fourth-order valence-corrected chi connectivity index (χ4v) is 1.75. The topological polar surface area (TPSA) is 80.0 Å². The molecule has 0 saturated heterocycles. The van der Waals surface area contributed by atoms with Crippen LogP contribution in [0, 0.1) is 5.82 Å². The van der Waals surface area contributed by atoms with Gasteiger partial charge in [0.2, 0.25) is 0 Å². The van der Waals surface area contributed by atoms with Gasteiger partial charge in [0.05, 0.1) is 5.69 Å². The number of hydrogen-bond donors (Lipinski definition) is 3. The van der Waals surface area contributed by atoms with Gasteiger partial charge in [-0.2, -0.15) is 0 Å². The summed E-state index contributed by atoms with van der Waals surface area (Å²) in [5.41, 5.74) is 3.86. The minimum Gasteiger partial charge on any atom is -0.350 e. The number of pyridine rings is 1. The molecule has 0 unspecified atom stereocenters. The Labute approximate surface area is 116 Å². The molecule has 1 aromatic heterocycles. The molecule has 1 aromatic carbocycles. The highest BCUT2D eigenvalue weighted by Crippen LogP contribution is 2.07. The summed E-state index contributed by atoms with van der Waals surface area (Å²) in [6.07, 6.45) is 1.91. The molecule has 0 aliphatic heterocycles. The van der Waals surface area contributed by atoms with Gasteiger partial charge in [-0.1, -0.05) is 18.2 Å². The fraction of sp³-hybridized carbons (Fsp3) is 0.143. The van der Waals surface area contributed by atoms with E-state index in [9.17, 15) is 9.18 Å². The number of carbonyl (C=O) groups excluding carboxylic acids is 1. The summed E-state index contributed by atoms with van der Waals surface area (Å²) in [4.78, 5) is 15.8. The molecule has 20 heavy (non-hydrogen) atoms. The standard InChI is InChI=1S/C14H15FN4O/c15-12-4-2-1-3-10(12)5-7-18-14(20)13-9-11(19-16)6-8-17-13/h1-4,6,8-9H,5,7,16H2,(H,17,19)(H,18,20). The van der Waals surface area contributed by atoms with Crippen molar-refractivity contribution in [1.29, 1.82) is 0 Å². The molecule has 2 aromatic rings. The Bertz CT molecular complexity index is 603. The predicted molar refractivity (Wildman–Crippen MR) is 74.5 cm³/mol. The monoisotopic (exact) mass is 274 g/mol. The highest BCUT2D eigenvalue weighted by Gasteiger charge is 2.08. The number of nitrogens with one attached hydrogen (secondary N) is 2. The van der Waals surface area contributed by atoms with Gasteiger partial charge in [0.15, 0.2) is 0 Å². The first-order chi connectivity index (χ1) is 9.70. The van der Waals surface area contributed by atoms with Crippen molar-refractivity contribution in [3.8, 4) is 0 Å². The Morgan fingerprint density at radius 3 is 2.85 bits per heavy atom. The summed E-state index contributed by atoms with van der Waals surface area (Å²) >= 11 is 0. The fourth-order valence-electron chi connectivity index (χ4n) is 1.75. The number of amides is 1. The lowest BCUT2D eigenvalue weighted by Crippen LogP contribution is -2.26. The Morgan fingerprint density at radius 2 is 2.10 bits per heavy atom. The van der Waals surface area contributed by atoms with Crippen LogP contribution in [0.3, 0.4) is 0 Å². The summed E-state index contributed by atoms with van der Waals surface area (Å²) in [6, 6.07) is 9.67. The van der Waals surface area contributed by atoms with Gasteiger partial charge in [-0.3, -0.25) is 15.6 Å². The second kappa shape index (κ2) is 6.63. The maximum atomic E-state index is 13.4. The summed E-state index contributed by atoms with van der Waals surface area (Å²) < 4.78 is 13.4. The number of aromatic nitrogens is 1. The van der Waals surface area contributed by atoms with Gasteiger partial charge in [-0.05, 0) is 30.2 Å². The van der Waals surface area contributed by atoms with Crippen molar-refractivity contribution in [2.75, 3.05) is 12.0 Å². The van der Waals surface area contributed by atoms with Crippen molar-refractivity contribution in [2.24, 2.45) is 5.84 Å². The number of nitrogens with two attached hydrogens (primary N) is 1. The number of anilines is 1. The normalized spacial score (nSPS) is 10.1. The molecule has 0 aliphatic carbocycles. The number of nitrogens with zero attached hydrogens (tertiary/aromatic N) is 1. The van der Waals surface area contributed by atoms with E-state index in [0.717, 1.165) is 0 Å². The first kappa shape index (κ1) is 14.0. The van der Waals surface area contributed by atoms with Gasteiger partial charge in [-0.25, -0.2) is 4.39 Å². The van der Waals surface area contributed by atoms with Crippen molar-refractivity contribution in [3.63, 3.8) is 0 Å². The predicted octanol–water partition coefficient (Wildman–Crippen LogP) is 1.48. The van der Waals surface area contributed by atoms with E-state index < -0.39 is 0 Å². The van der Waals surface area contributed by atoms with Crippen molar-refractivity contribution in [1.82, 2.24) is 10.3 Å². The van der Waals surface area contributed by atoms with E-state index in [-0.39, 0.29) is 17.4 Å². The first-order valence-corrected chi connectivity index (χ1v) is 6.15. The van der Waals surface area contributed by atoms with E-state index in [1.807, 2.05) is 0 Å². The molecular formula is C14H15FN4O. The Hall–Kier alpha value is -2.47. The van der Waals surface area contributed by atoms with E-state index in [1.54, 1.807) is 30.3 Å². The molecule has 4 N–H and O–H groups in total. The van der Waals surface area contributed by atoms with E-state index in [2.05, 4.69) is 15.7 Å². The van der Waals surface area contributed by atoms with E-state index in [0.29, 0.717) is 24.2 Å². The molecule has 104 valence electrons. The molecule has 0 radical (unpaired) electrons. The number of hydrogen-bond acceptors (Lipinski definition) is 4. The third-order valence-electron chi connectivity index (χ3n) is 2.80. The average Bonchev–Trinajstić information content (AvgIpc) is 2.49. The zero-order valence-corrected chi connectivity index (χ0v) is 10.8. The maximum Gasteiger partial charge on any atom is 0.269 e. The van der Waals surface area contributed by atoms with Crippen LogP contribution < -0.4 is 16.6 Å². The maximum absolute atomic E-state index is 13.4. The summed E-state index contributed by atoms with van der Waals surface area (Å²) in [6.45, 7) is 0.335. The van der Waals surface area contributed by atoms with E-state index >= 15 is 0 Å². The summed E-state index contributed by atoms with van der Waals surface area (Å²) in [5.74, 6) is 4.67. The number of carbonyl (C=O) groups is 1. The smallest absolute Gasteiger partial charge is 0.269 e. The number of nitrogen functional groups attached to an aromatic ring is 1.